The highest BCUT2D eigenvalue weighted by Crippen LogP contribution is 2.35. The molecule has 0 aromatic heterocycles. The van der Waals surface area contributed by atoms with Gasteiger partial charge in [0.05, 0.1) is 12.2 Å². The van der Waals surface area contributed by atoms with Crippen LogP contribution in [0.15, 0.2) is 23.2 Å². The third kappa shape index (κ3) is 3.74. The minimum atomic E-state index is -0.603. The number of carbonyl (C=O) groups is 1. The Labute approximate surface area is 152 Å². The summed E-state index contributed by atoms with van der Waals surface area (Å²) in [7, 11) is 0. The van der Waals surface area contributed by atoms with Gasteiger partial charge in [-0.1, -0.05) is 6.07 Å². The van der Waals surface area contributed by atoms with Gasteiger partial charge in [0, 0.05) is 38.0 Å². The van der Waals surface area contributed by atoms with Crippen LogP contribution in [0.4, 0.5) is 14.9 Å². The molecule has 2 heterocycles. The fourth-order valence-electron chi connectivity index (χ4n) is 3.33. The fraction of sp³-hybridized carbons (Fsp3) is 0.474. The molecule has 0 atom stereocenters. The minimum absolute atomic E-state index is 0.196. The molecule has 7 heteroatoms. The topological polar surface area (TPSA) is 80.0 Å². The second-order valence-electron chi connectivity index (χ2n) is 6.58. The largest absolute Gasteiger partial charge is 0.449 e. The van der Waals surface area contributed by atoms with Crippen LogP contribution in [-0.2, 0) is 4.74 Å². The summed E-state index contributed by atoms with van der Waals surface area (Å²) in [4.78, 5) is 18.3. The summed E-state index contributed by atoms with van der Waals surface area (Å²) in [6.45, 7) is 1.37. The van der Waals surface area contributed by atoms with E-state index in [1.54, 1.807) is 17.0 Å². The SMILES string of the molecule is C#CCCCCOC(=O)N1CCC2(CC1)N=C(N)c1c(F)cccc1N2. The van der Waals surface area contributed by atoms with E-state index in [-0.39, 0.29) is 11.9 Å². The zero-order valence-electron chi connectivity index (χ0n) is 14.6. The lowest BCUT2D eigenvalue weighted by molar-refractivity contribution is 0.0854. The Hall–Kier alpha value is -2.75. The molecule has 0 unspecified atom stereocenters. The van der Waals surface area contributed by atoms with Crippen LogP contribution in [0.25, 0.3) is 0 Å². The second kappa shape index (κ2) is 7.65. The number of fused-ring (bicyclic) bond motifs is 1. The maximum absolute atomic E-state index is 14.0. The van der Waals surface area contributed by atoms with Crippen molar-refractivity contribution in [1.29, 1.82) is 0 Å². The first-order chi connectivity index (χ1) is 12.5. The first-order valence-electron chi connectivity index (χ1n) is 8.82. The van der Waals surface area contributed by atoms with Gasteiger partial charge in [-0.3, -0.25) is 0 Å². The van der Waals surface area contributed by atoms with Gasteiger partial charge >= 0.3 is 6.09 Å². The number of aliphatic imine (C=N–C) groups is 1. The van der Waals surface area contributed by atoms with E-state index in [0.717, 1.165) is 12.8 Å². The minimum Gasteiger partial charge on any atom is -0.449 e. The molecule has 138 valence electrons. The zero-order valence-corrected chi connectivity index (χ0v) is 14.6. The van der Waals surface area contributed by atoms with E-state index in [1.165, 1.54) is 6.07 Å². The highest BCUT2D eigenvalue weighted by molar-refractivity contribution is 6.04. The van der Waals surface area contributed by atoms with Crippen molar-refractivity contribution < 1.29 is 13.9 Å². The molecular weight excluding hydrogens is 335 g/mol. The smallest absolute Gasteiger partial charge is 0.409 e. The number of nitrogens with two attached hydrogens (primary N) is 1. The highest BCUT2D eigenvalue weighted by Gasteiger charge is 2.39. The third-order valence-electron chi connectivity index (χ3n) is 4.76. The number of unbranched alkanes of at least 4 members (excludes halogenated alkanes) is 2. The number of hydrogen-bond donors (Lipinski definition) is 2. The van der Waals surface area contributed by atoms with Crippen LogP contribution in [0.5, 0.6) is 0 Å². The van der Waals surface area contributed by atoms with E-state index in [9.17, 15) is 9.18 Å². The van der Waals surface area contributed by atoms with Gasteiger partial charge in [0.2, 0.25) is 0 Å². The lowest BCUT2D eigenvalue weighted by Crippen LogP contribution is -2.52. The number of nitrogens with zero attached hydrogens (tertiary/aromatic N) is 2. The normalized spacial score (nSPS) is 17.7. The first kappa shape index (κ1) is 18.1. The molecule has 1 aromatic rings. The van der Waals surface area contributed by atoms with Gasteiger partial charge in [-0.25, -0.2) is 14.2 Å². The Kier molecular flexibility index (Phi) is 5.31. The summed E-state index contributed by atoms with van der Waals surface area (Å²) in [5.74, 6) is 2.37. The number of amidine groups is 1. The van der Waals surface area contributed by atoms with Gasteiger partial charge in [0.25, 0.3) is 0 Å². The van der Waals surface area contributed by atoms with Crippen molar-refractivity contribution in [1.82, 2.24) is 4.90 Å². The number of hydrogen-bond acceptors (Lipinski definition) is 5. The zero-order chi connectivity index (χ0) is 18.6. The molecule has 2 aliphatic heterocycles. The van der Waals surface area contributed by atoms with Crippen LogP contribution in [-0.4, -0.2) is 42.2 Å². The Morgan fingerprint density at radius 1 is 1.42 bits per heavy atom. The summed E-state index contributed by atoms with van der Waals surface area (Å²) in [6.07, 6.45) is 8.33. The summed E-state index contributed by atoms with van der Waals surface area (Å²) in [5, 5.41) is 3.30. The summed E-state index contributed by atoms with van der Waals surface area (Å²) in [5.41, 5.74) is 6.35. The van der Waals surface area contributed by atoms with Crippen LogP contribution >= 0.6 is 0 Å². The number of likely N-dealkylation sites (tertiary alicyclic amines) is 1. The molecule has 0 aliphatic carbocycles. The van der Waals surface area contributed by atoms with Crippen molar-refractivity contribution >= 4 is 17.6 Å². The van der Waals surface area contributed by atoms with Crippen LogP contribution < -0.4 is 11.1 Å². The number of piperidine rings is 1. The summed E-state index contributed by atoms with van der Waals surface area (Å²) >= 11 is 0. The van der Waals surface area contributed by atoms with E-state index in [2.05, 4.69) is 16.2 Å². The van der Waals surface area contributed by atoms with Crippen molar-refractivity contribution in [3.8, 4) is 12.3 Å². The van der Waals surface area contributed by atoms with Crippen LogP contribution in [0.2, 0.25) is 0 Å². The van der Waals surface area contributed by atoms with Crippen LogP contribution in [0.1, 0.15) is 37.7 Å². The van der Waals surface area contributed by atoms with Gasteiger partial charge in [-0.15, -0.1) is 12.3 Å². The van der Waals surface area contributed by atoms with Gasteiger partial charge in [0.15, 0.2) is 0 Å². The van der Waals surface area contributed by atoms with E-state index >= 15 is 0 Å². The van der Waals surface area contributed by atoms with Crippen molar-refractivity contribution in [3.05, 3.63) is 29.6 Å². The number of amides is 1. The molecule has 1 spiro atoms. The van der Waals surface area contributed by atoms with Gasteiger partial charge in [-0.05, 0) is 25.0 Å². The molecule has 1 amide bonds. The maximum Gasteiger partial charge on any atom is 0.409 e. The first-order valence-corrected chi connectivity index (χ1v) is 8.82. The van der Waals surface area contributed by atoms with E-state index < -0.39 is 11.5 Å². The van der Waals surface area contributed by atoms with Crippen LogP contribution in [0.3, 0.4) is 0 Å². The molecule has 3 N–H and O–H groups in total. The number of ether oxygens (including phenoxy) is 1. The quantitative estimate of drug-likeness (QED) is 0.641. The summed E-state index contributed by atoms with van der Waals surface area (Å²) < 4.78 is 19.2. The standard InChI is InChI=1S/C19H23FN4O2/c1-2-3-4-5-13-26-18(25)24-11-9-19(10-12-24)22-15-8-6-7-14(20)16(15)17(21)23-19/h1,6-8,22H,3-5,9-13H2,(H2,21,23). The molecule has 3 rings (SSSR count). The van der Waals surface area contributed by atoms with Crippen molar-refractivity contribution in [2.45, 2.75) is 37.8 Å². The van der Waals surface area contributed by atoms with Gasteiger partial charge < -0.3 is 20.7 Å². The number of halogens is 1. The second-order valence-corrected chi connectivity index (χ2v) is 6.58. The van der Waals surface area contributed by atoms with E-state index in [4.69, 9.17) is 16.9 Å². The average molecular weight is 358 g/mol. The molecule has 0 radical (unpaired) electrons. The predicted octanol–water partition coefficient (Wildman–Crippen LogP) is 2.69. The number of rotatable bonds is 4. The average Bonchev–Trinajstić information content (AvgIpc) is 2.61. The molecule has 0 saturated carbocycles. The fourth-order valence-corrected chi connectivity index (χ4v) is 3.33. The number of carbonyl (C=O) groups excluding carboxylic acids is 1. The van der Waals surface area contributed by atoms with Gasteiger partial charge in [0.1, 0.15) is 17.3 Å². The number of terminal acetylenes is 1. The van der Waals surface area contributed by atoms with Crippen molar-refractivity contribution in [3.63, 3.8) is 0 Å². The number of anilines is 1. The lowest BCUT2D eigenvalue weighted by atomic mass is 9.94. The third-order valence-corrected chi connectivity index (χ3v) is 4.76. The molecule has 0 bridgehead atoms. The van der Waals surface area contributed by atoms with E-state index in [0.29, 0.717) is 50.2 Å². The number of nitrogens with one attached hydrogen (secondary N) is 1. The maximum atomic E-state index is 14.0. The summed E-state index contributed by atoms with van der Waals surface area (Å²) in [6, 6.07) is 4.79. The lowest BCUT2D eigenvalue weighted by Gasteiger charge is -2.42. The predicted molar refractivity (Wildman–Crippen MR) is 98.3 cm³/mol. The Balaban J connectivity index is 1.56. The Morgan fingerprint density at radius 2 is 2.19 bits per heavy atom. The molecule has 6 nitrogen and oxygen atoms in total. The number of benzene rings is 1. The molecule has 26 heavy (non-hydrogen) atoms. The highest BCUT2D eigenvalue weighted by atomic mass is 19.1. The van der Waals surface area contributed by atoms with Crippen molar-refractivity contribution in [2.24, 2.45) is 10.7 Å². The van der Waals surface area contributed by atoms with Crippen molar-refractivity contribution in [2.75, 3.05) is 25.0 Å². The molecule has 1 saturated heterocycles. The van der Waals surface area contributed by atoms with Crippen LogP contribution in [0, 0.1) is 18.2 Å². The Bertz CT molecular complexity index is 748. The van der Waals surface area contributed by atoms with Gasteiger partial charge in [-0.2, -0.15) is 0 Å². The monoisotopic (exact) mass is 358 g/mol. The molecule has 2 aliphatic rings. The molecule has 1 fully saturated rings. The molecular formula is C19H23FN4O2. The van der Waals surface area contributed by atoms with E-state index in [1.807, 2.05) is 0 Å². The molecule has 1 aromatic carbocycles. The Morgan fingerprint density at radius 3 is 2.92 bits per heavy atom.